The Morgan fingerprint density at radius 3 is 2.64 bits per heavy atom. The van der Waals surface area contributed by atoms with Crippen molar-refractivity contribution in [3.05, 3.63) is 34.5 Å². The second-order valence-corrected chi connectivity index (χ2v) is 2.21. The van der Waals surface area contributed by atoms with Gasteiger partial charge in [0, 0.05) is 16.7 Å². The minimum absolute atomic E-state index is 0.122. The van der Waals surface area contributed by atoms with Crippen molar-refractivity contribution in [1.82, 2.24) is 0 Å². The number of ether oxygens (including phenoxy) is 1. The third-order valence-corrected chi connectivity index (χ3v) is 1.24. The summed E-state index contributed by atoms with van der Waals surface area (Å²) in [5.74, 6) is -1.20. The van der Waals surface area contributed by atoms with E-state index in [1.807, 2.05) is 0 Å². The number of nitrogens with zero attached hydrogens (tertiary/aromatic N) is 3. The van der Waals surface area contributed by atoms with Gasteiger partial charge in [0.05, 0.1) is 0 Å². The Morgan fingerprint density at radius 2 is 2.07 bits per heavy atom. The number of rotatable bonds is 3. The molecule has 0 N–H and O–H groups in total. The first-order valence-electron chi connectivity index (χ1n) is 3.42. The SMILES string of the molecule is [N-]=[N+]=Nc1cc(F)cc(OC(F)F)c1. The molecule has 4 nitrogen and oxygen atoms in total. The molecule has 0 atom stereocenters. The first kappa shape index (κ1) is 10.2. The van der Waals surface area contributed by atoms with E-state index in [4.69, 9.17) is 5.53 Å². The number of hydrogen-bond acceptors (Lipinski definition) is 2. The number of alkyl halides is 2. The summed E-state index contributed by atoms with van der Waals surface area (Å²) in [7, 11) is 0. The maximum absolute atomic E-state index is 12.7. The molecule has 0 saturated heterocycles. The molecule has 0 aliphatic rings. The molecule has 0 aromatic heterocycles. The standard InChI is InChI=1S/C7H4F3N3O/c8-4-1-5(12-13-11)3-6(2-4)14-7(9)10/h1-3,7H. The van der Waals surface area contributed by atoms with E-state index in [9.17, 15) is 13.2 Å². The van der Waals surface area contributed by atoms with Crippen LogP contribution in [0.2, 0.25) is 0 Å². The quantitative estimate of drug-likeness (QED) is 0.422. The Hall–Kier alpha value is -1.88. The lowest BCUT2D eigenvalue weighted by Crippen LogP contribution is -2.01. The van der Waals surface area contributed by atoms with E-state index in [0.29, 0.717) is 0 Å². The minimum Gasteiger partial charge on any atom is -0.435 e. The zero-order valence-corrected chi connectivity index (χ0v) is 6.69. The van der Waals surface area contributed by atoms with E-state index in [2.05, 4.69) is 14.8 Å². The molecule has 0 fully saturated rings. The molecule has 0 aliphatic carbocycles. The van der Waals surface area contributed by atoms with Gasteiger partial charge in [-0.05, 0) is 17.7 Å². The maximum Gasteiger partial charge on any atom is 0.387 e. The molecule has 0 saturated carbocycles. The summed E-state index contributed by atoms with van der Waals surface area (Å²) in [6, 6.07) is 2.68. The average molecular weight is 203 g/mol. The van der Waals surface area contributed by atoms with Crippen molar-refractivity contribution in [1.29, 1.82) is 0 Å². The van der Waals surface area contributed by atoms with Crippen molar-refractivity contribution in [2.24, 2.45) is 5.11 Å². The average Bonchev–Trinajstić information content (AvgIpc) is 2.01. The fourth-order valence-electron chi connectivity index (χ4n) is 0.828. The highest BCUT2D eigenvalue weighted by Gasteiger charge is 2.06. The lowest BCUT2D eigenvalue weighted by atomic mass is 10.3. The van der Waals surface area contributed by atoms with Gasteiger partial charge in [0.2, 0.25) is 0 Å². The fourth-order valence-corrected chi connectivity index (χ4v) is 0.828. The first-order chi connectivity index (χ1) is 6.61. The molecule has 1 rings (SSSR count). The van der Waals surface area contributed by atoms with Gasteiger partial charge >= 0.3 is 6.61 Å². The van der Waals surface area contributed by atoms with Crippen LogP contribution in [-0.4, -0.2) is 6.61 Å². The van der Waals surface area contributed by atoms with Crippen LogP contribution in [0.15, 0.2) is 23.3 Å². The first-order valence-corrected chi connectivity index (χ1v) is 3.42. The summed E-state index contributed by atoms with van der Waals surface area (Å²) in [6.45, 7) is -3.05. The van der Waals surface area contributed by atoms with Crippen LogP contribution in [0.25, 0.3) is 10.4 Å². The Kier molecular flexibility index (Phi) is 3.19. The van der Waals surface area contributed by atoms with E-state index in [-0.39, 0.29) is 11.4 Å². The number of halogens is 3. The molecule has 1 aromatic carbocycles. The highest BCUT2D eigenvalue weighted by atomic mass is 19.3. The van der Waals surface area contributed by atoms with E-state index in [0.717, 1.165) is 18.2 Å². The number of azide groups is 1. The lowest BCUT2D eigenvalue weighted by molar-refractivity contribution is -0.0499. The maximum atomic E-state index is 12.7. The molecule has 74 valence electrons. The second kappa shape index (κ2) is 4.38. The molecular formula is C7H4F3N3O. The third kappa shape index (κ3) is 2.87. The van der Waals surface area contributed by atoms with E-state index < -0.39 is 12.4 Å². The van der Waals surface area contributed by atoms with Crippen LogP contribution in [0.5, 0.6) is 5.75 Å². The highest BCUT2D eigenvalue weighted by molar-refractivity contribution is 5.43. The van der Waals surface area contributed by atoms with E-state index in [1.54, 1.807) is 0 Å². The monoisotopic (exact) mass is 203 g/mol. The zero-order chi connectivity index (χ0) is 10.6. The van der Waals surface area contributed by atoms with Crippen molar-refractivity contribution in [2.45, 2.75) is 6.61 Å². The molecular weight excluding hydrogens is 199 g/mol. The van der Waals surface area contributed by atoms with Gasteiger partial charge in [0.1, 0.15) is 11.6 Å². The van der Waals surface area contributed by atoms with Crippen LogP contribution in [0.3, 0.4) is 0 Å². The van der Waals surface area contributed by atoms with Crippen molar-refractivity contribution in [3.63, 3.8) is 0 Å². The summed E-state index contributed by atoms with van der Waals surface area (Å²) in [5.41, 5.74) is 7.91. The van der Waals surface area contributed by atoms with Crippen molar-refractivity contribution >= 4 is 5.69 Å². The van der Waals surface area contributed by atoms with Crippen LogP contribution in [-0.2, 0) is 0 Å². The summed E-state index contributed by atoms with van der Waals surface area (Å²) in [4.78, 5) is 2.38. The van der Waals surface area contributed by atoms with Crippen molar-refractivity contribution in [3.8, 4) is 5.75 Å². The Labute approximate surface area is 76.5 Å². The molecule has 0 aliphatic heterocycles. The zero-order valence-electron chi connectivity index (χ0n) is 6.69. The summed E-state index contributed by atoms with van der Waals surface area (Å²) in [6.07, 6.45) is 0. The van der Waals surface area contributed by atoms with Crippen LogP contribution >= 0.6 is 0 Å². The predicted molar refractivity (Wildman–Crippen MR) is 41.8 cm³/mol. The van der Waals surface area contributed by atoms with Gasteiger partial charge in [0.15, 0.2) is 0 Å². The smallest absolute Gasteiger partial charge is 0.387 e. The van der Waals surface area contributed by atoms with Gasteiger partial charge in [0.25, 0.3) is 0 Å². The number of hydrogen-bond donors (Lipinski definition) is 0. The van der Waals surface area contributed by atoms with Gasteiger partial charge in [-0.2, -0.15) is 8.78 Å². The van der Waals surface area contributed by atoms with Crippen LogP contribution in [0.4, 0.5) is 18.9 Å². The van der Waals surface area contributed by atoms with E-state index in [1.165, 1.54) is 0 Å². The number of benzene rings is 1. The van der Waals surface area contributed by atoms with E-state index >= 15 is 0 Å². The van der Waals surface area contributed by atoms with Crippen LogP contribution in [0.1, 0.15) is 0 Å². The molecule has 7 heteroatoms. The summed E-state index contributed by atoms with van der Waals surface area (Å²) < 4.78 is 40.1. The van der Waals surface area contributed by atoms with Gasteiger partial charge in [-0.15, -0.1) is 0 Å². The van der Waals surface area contributed by atoms with Crippen LogP contribution < -0.4 is 4.74 Å². The van der Waals surface area contributed by atoms with Gasteiger partial charge in [-0.1, -0.05) is 5.11 Å². The van der Waals surface area contributed by atoms with Crippen molar-refractivity contribution in [2.75, 3.05) is 0 Å². The second-order valence-electron chi connectivity index (χ2n) is 2.21. The van der Waals surface area contributed by atoms with Gasteiger partial charge in [-0.3, -0.25) is 0 Å². The topological polar surface area (TPSA) is 58.0 Å². The predicted octanol–water partition coefficient (Wildman–Crippen LogP) is 3.37. The normalized spacial score (nSPS) is 9.71. The summed E-state index contributed by atoms with van der Waals surface area (Å²) in [5, 5.41) is 3.05. The molecule has 0 unspecified atom stereocenters. The van der Waals surface area contributed by atoms with Gasteiger partial charge in [-0.25, -0.2) is 4.39 Å². The molecule has 0 bridgehead atoms. The Morgan fingerprint density at radius 1 is 1.36 bits per heavy atom. The van der Waals surface area contributed by atoms with Crippen molar-refractivity contribution < 1.29 is 17.9 Å². The largest absolute Gasteiger partial charge is 0.435 e. The highest BCUT2D eigenvalue weighted by Crippen LogP contribution is 2.23. The third-order valence-electron chi connectivity index (χ3n) is 1.24. The molecule has 0 spiro atoms. The lowest BCUT2D eigenvalue weighted by Gasteiger charge is -2.04. The van der Waals surface area contributed by atoms with Crippen LogP contribution in [0, 0.1) is 5.82 Å². The van der Waals surface area contributed by atoms with Gasteiger partial charge < -0.3 is 4.74 Å². The minimum atomic E-state index is -3.05. The molecule has 0 amide bonds. The molecule has 0 heterocycles. The molecule has 1 aromatic rings. The molecule has 14 heavy (non-hydrogen) atoms. The Bertz CT molecular complexity index is 376. The fraction of sp³-hybridized carbons (Fsp3) is 0.143. The summed E-state index contributed by atoms with van der Waals surface area (Å²) >= 11 is 0. The Balaban J connectivity index is 3.00. The molecule has 0 radical (unpaired) electrons.